The van der Waals surface area contributed by atoms with Crippen molar-refractivity contribution >= 4 is 15.9 Å². The molecule has 1 aromatic heterocycles. The van der Waals surface area contributed by atoms with Gasteiger partial charge in [-0.25, -0.2) is 13.2 Å². The van der Waals surface area contributed by atoms with Gasteiger partial charge in [-0.15, -0.1) is 0 Å². The number of hydrogen-bond donors (Lipinski definition) is 0. The minimum Gasteiger partial charge on any atom is -0.487 e. The molecule has 0 radical (unpaired) electrons. The van der Waals surface area contributed by atoms with E-state index < -0.39 is 9.84 Å². The first-order valence-corrected chi connectivity index (χ1v) is 18.3. The maximum absolute atomic E-state index is 13.0. The van der Waals surface area contributed by atoms with Gasteiger partial charge in [0.25, 0.3) is 0 Å². The maximum atomic E-state index is 13.0. The molecule has 1 saturated carbocycles. The third-order valence-corrected chi connectivity index (χ3v) is 11.6. The fraction of sp³-hybridized carbons (Fsp3) is 0.514. The minimum atomic E-state index is -3.32. The summed E-state index contributed by atoms with van der Waals surface area (Å²) in [7, 11) is -3.32. The predicted molar refractivity (Wildman–Crippen MR) is 177 cm³/mol. The number of carbonyl (C=O) groups excluding carboxylic acids is 1. The molecule has 240 valence electrons. The van der Waals surface area contributed by atoms with Crippen LogP contribution in [0.15, 0.2) is 66.9 Å². The summed E-state index contributed by atoms with van der Waals surface area (Å²) < 4.78 is 38.0. The summed E-state index contributed by atoms with van der Waals surface area (Å²) in [6, 6.07) is 19.4. The number of piperidine rings is 1. The molecule has 3 aromatic rings. The van der Waals surface area contributed by atoms with E-state index in [1.54, 1.807) is 24.4 Å². The SMILES string of the molecule is CC(C)(C)C1CCC(OC(=O)N2CCC3(CCc4cc(-c5ccc(CS(=O)(=O)Cc6ccccn6)cc5)ccc4O3)CC2)CC1. The third-order valence-electron chi connectivity index (χ3n) is 10.1. The van der Waals surface area contributed by atoms with Gasteiger partial charge in [-0.05, 0) is 96.4 Å². The summed E-state index contributed by atoms with van der Waals surface area (Å²) in [4.78, 5) is 19.0. The van der Waals surface area contributed by atoms with Crippen LogP contribution < -0.4 is 4.74 Å². The van der Waals surface area contributed by atoms with Crippen molar-refractivity contribution in [3.05, 3.63) is 83.7 Å². The van der Waals surface area contributed by atoms with E-state index in [1.165, 1.54) is 5.56 Å². The number of likely N-dealkylation sites (tertiary alicyclic amines) is 1. The second kappa shape index (κ2) is 12.8. The van der Waals surface area contributed by atoms with Crippen LogP contribution in [0.2, 0.25) is 0 Å². The van der Waals surface area contributed by atoms with Gasteiger partial charge in [-0.2, -0.15) is 0 Å². The molecule has 45 heavy (non-hydrogen) atoms. The lowest BCUT2D eigenvalue weighted by Gasteiger charge is -2.44. The van der Waals surface area contributed by atoms with Crippen molar-refractivity contribution in [2.24, 2.45) is 11.3 Å². The number of rotatable bonds is 6. The first-order valence-electron chi connectivity index (χ1n) is 16.4. The normalized spacial score (nSPS) is 21.5. The zero-order valence-corrected chi connectivity index (χ0v) is 27.7. The second-order valence-electron chi connectivity index (χ2n) is 14.4. The highest BCUT2D eigenvalue weighted by atomic mass is 32.2. The number of aryl methyl sites for hydroxylation is 1. The first kappa shape index (κ1) is 31.6. The van der Waals surface area contributed by atoms with Gasteiger partial charge >= 0.3 is 6.09 Å². The van der Waals surface area contributed by atoms with Gasteiger partial charge in [0.1, 0.15) is 17.5 Å². The van der Waals surface area contributed by atoms with Gasteiger partial charge in [0, 0.05) is 32.1 Å². The fourth-order valence-corrected chi connectivity index (χ4v) is 8.64. The van der Waals surface area contributed by atoms with Gasteiger partial charge in [-0.3, -0.25) is 4.98 Å². The van der Waals surface area contributed by atoms with E-state index in [1.807, 2.05) is 29.2 Å². The highest BCUT2D eigenvalue weighted by molar-refractivity contribution is 7.89. The van der Waals surface area contributed by atoms with Crippen LogP contribution in [0.4, 0.5) is 4.79 Å². The molecule has 1 amide bonds. The number of carbonyl (C=O) groups is 1. The summed E-state index contributed by atoms with van der Waals surface area (Å²) >= 11 is 0. The Labute approximate surface area is 268 Å². The van der Waals surface area contributed by atoms with E-state index in [2.05, 4.69) is 44.0 Å². The van der Waals surface area contributed by atoms with Crippen LogP contribution >= 0.6 is 0 Å². The third kappa shape index (κ3) is 7.71. The monoisotopic (exact) mass is 630 g/mol. The second-order valence-corrected chi connectivity index (χ2v) is 16.4. The van der Waals surface area contributed by atoms with E-state index in [4.69, 9.17) is 9.47 Å². The Balaban J connectivity index is 1.01. The molecule has 1 aliphatic carbocycles. The Hall–Kier alpha value is -3.39. The van der Waals surface area contributed by atoms with Crippen LogP contribution in [0.5, 0.6) is 5.75 Å². The van der Waals surface area contributed by atoms with E-state index >= 15 is 0 Å². The number of aromatic nitrogens is 1. The standard InChI is InChI=1S/C37H46N2O5S/c1-36(2,3)31-12-14-33(15-13-31)43-35(40)39-22-19-37(20-23-39)18-17-30-24-29(11-16-34(30)44-37)28-9-7-27(8-10-28)25-45(41,42)26-32-6-4-5-21-38-32/h4-11,16,21,24,31,33H,12-15,17-20,22-23,25-26H2,1-3H3. The van der Waals surface area contributed by atoms with Crippen molar-refractivity contribution in [2.75, 3.05) is 13.1 Å². The molecule has 0 bridgehead atoms. The Morgan fingerprint density at radius 1 is 0.933 bits per heavy atom. The van der Waals surface area contributed by atoms with Gasteiger partial charge in [0.2, 0.25) is 0 Å². The highest BCUT2D eigenvalue weighted by Crippen LogP contribution is 2.42. The van der Waals surface area contributed by atoms with Crippen molar-refractivity contribution in [3.8, 4) is 16.9 Å². The van der Waals surface area contributed by atoms with Gasteiger partial charge < -0.3 is 14.4 Å². The quantitative estimate of drug-likeness (QED) is 0.277. The van der Waals surface area contributed by atoms with Crippen LogP contribution in [0.25, 0.3) is 11.1 Å². The summed E-state index contributed by atoms with van der Waals surface area (Å²) in [5.41, 5.74) is 4.72. The van der Waals surface area contributed by atoms with E-state index in [9.17, 15) is 13.2 Å². The Morgan fingerprint density at radius 2 is 1.64 bits per heavy atom. The number of sulfone groups is 1. The molecule has 1 spiro atoms. The average Bonchev–Trinajstić information content (AvgIpc) is 3.01. The molecule has 6 rings (SSSR count). The molecular formula is C37H46N2O5S. The molecular weight excluding hydrogens is 584 g/mol. The summed E-state index contributed by atoms with van der Waals surface area (Å²) in [5.74, 6) is 1.54. The van der Waals surface area contributed by atoms with Crippen LogP contribution in [-0.4, -0.2) is 49.2 Å². The Kier molecular flexibility index (Phi) is 8.97. The number of benzene rings is 2. The van der Waals surface area contributed by atoms with Crippen molar-refractivity contribution < 1.29 is 22.7 Å². The van der Waals surface area contributed by atoms with Crippen molar-refractivity contribution in [1.82, 2.24) is 9.88 Å². The molecule has 3 heterocycles. The van der Waals surface area contributed by atoms with Crippen molar-refractivity contribution in [1.29, 1.82) is 0 Å². The maximum Gasteiger partial charge on any atom is 0.410 e. The van der Waals surface area contributed by atoms with Crippen molar-refractivity contribution in [2.45, 2.75) is 95.3 Å². The number of ether oxygens (including phenoxy) is 2. The summed E-state index contributed by atoms with van der Waals surface area (Å²) in [6.45, 7) is 8.24. The van der Waals surface area contributed by atoms with Gasteiger partial charge in [0.15, 0.2) is 9.84 Å². The largest absolute Gasteiger partial charge is 0.487 e. The molecule has 2 aromatic carbocycles. The minimum absolute atomic E-state index is 0.0163. The van der Waals surface area contributed by atoms with Crippen LogP contribution in [-0.2, 0) is 32.5 Å². The predicted octanol–water partition coefficient (Wildman–Crippen LogP) is 7.76. The molecule has 8 heteroatoms. The molecule has 2 fully saturated rings. The van der Waals surface area contributed by atoms with Gasteiger partial charge in [-0.1, -0.05) is 57.2 Å². The number of fused-ring (bicyclic) bond motifs is 1. The molecule has 1 saturated heterocycles. The lowest BCUT2D eigenvalue weighted by Crippen LogP contribution is -2.51. The zero-order chi connectivity index (χ0) is 31.7. The lowest BCUT2D eigenvalue weighted by atomic mass is 9.72. The van der Waals surface area contributed by atoms with E-state index in [0.717, 1.165) is 73.8 Å². The molecule has 7 nitrogen and oxygen atoms in total. The average molecular weight is 631 g/mol. The Bertz CT molecular complexity index is 1580. The van der Waals surface area contributed by atoms with Gasteiger partial charge in [0.05, 0.1) is 17.2 Å². The van der Waals surface area contributed by atoms with E-state index in [-0.39, 0.29) is 29.3 Å². The molecule has 2 aliphatic heterocycles. The van der Waals surface area contributed by atoms with Crippen LogP contribution in [0.1, 0.15) is 82.5 Å². The van der Waals surface area contributed by atoms with Crippen LogP contribution in [0, 0.1) is 11.3 Å². The molecule has 3 aliphatic rings. The summed E-state index contributed by atoms with van der Waals surface area (Å²) in [6.07, 6.45) is 9.15. The number of pyridine rings is 1. The highest BCUT2D eigenvalue weighted by Gasteiger charge is 2.41. The van der Waals surface area contributed by atoms with Crippen molar-refractivity contribution in [3.63, 3.8) is 0 Å². The fourth-order valence-electron chi connectivity index (χ4n) is 7.22. The zero-order valence-electron chi connectivity index (χ0n) is 26.8. The molecule has 0 atom stereocenters. The molecule has 0 unspecified atom stereocenters. The lowest BCUT2D eigenvalue weighted by molar-refractivity contribution is -0.0247. The van der Waals surface area contributed by atoms with Crippen LogP contribution in [0.3, 0.4) is 0 Å². The number of nitrogens with zero attached hydrogens (tertiary/aromatic N) is 2. The topological polar surface area (TPSA) is 85.8 Å². The number of amides is 1. The smallest absolute Gasteiger partial charge is 0.410 e. The molecule has 0 N–H and O–H groups in total. The summed E-state index contributed by atoms with van der Waals surface area (Å²) in [5, 5.41) is 0. The first-order chi connectivity index (χ1) is 21.5. The number of hydrogen-bond acceptors (Lipinski definition) is 6. The van der Waals surface area contributed by atoms with E-state index in [0.29, 0.717) is 30.1 Å². The Morgan fingerprint density at radius 3 is 2.31 bits per heavy atom.